The number of nitrogens with two attached hydrogens (primary N) is 1. The summed E-state index contributed by atoms with van der Waals surface area (Å²) in [4.78, 5) is 27.8. The quantitative estimate of drug-likeness (QED) is 0.828. The number of piperazine rings is 1. The minimum Gasteiger partial charge on any atom is -0.351 e. The average molecular weight is 371 g/mol. The van der Waals surface area contributed by atoms with Crippen molar-refractivity contribution in [2.24, 2.45) is 11.7 Å². The fourth-order valence-corrected chi connectivity index (χ4v) is 3.59. The molecule has 2 aliphatic heterocycles. The van der Waals surface area contributed by atoms with E-state index in [2.05, 4.69) is 5.32 Å². The third-order valence-electron chi connectivity index (χ3n) is 4.84. The summed E-state index contributed by atoms with van der Waals surface area (Å²) >= 11 is 0. The lowest BCUT2D eigenvalue weighted by molar-refractivity contribution is -0.140. The van der Waals surface area contributed by atoms with Crippen LogP contribution in [0.3, 0.4) is 0 Å². The molecule has 0 aromatic heterocycles. The number of hydrogen-bond acceptors (Lipinski definition) is 3. The van der Waals surface area contributed by atoms with Gasteiger partial charge in [0.1, 0.15) is 5.82 Å². The van der Waals surface area contributed by atoms with Gasteiger partial charge in [-0.05, 0) is 30.5 Å². The maximum absolute atomic E-state index is 13.6. The van der Waals surface area contributed by atoms with Gasteiger partial charge >= 0.3 is 6.03 Å². The van der Waals surface area contributed by atoms with Crippen LogP contribution < -0.4 is 11.1 Å². The number of carbonyl (C=O) groups is 2. The Hall–Kier alpha value is -1.86. The zero-order valence-electron chi connectivity index (χ0n) is 14.0. The number of benzene rings is 1. The molecule has 2 aliphatic rings. The first kappa shape index (κ1) is 19.5. The van der Waals surface area contributed by atoms with Crippen LogP contribution in [-0.4, -0.2) is 54.5 Å². The van der Waals surface area contributed by atoms with Gasteiger partial charge in [0.25, 0.3) is 0 Å². The standard InChI is InChI=1S/C17H23FN4O2.ClH/c18-14-5-1-3-12(9-14)15-10-20-6-8-22(15)16(23)13-4-2-7-21(11-13)17(19)24;/h1,3,5,9,13,15,20H,2,4,6-8,10-11H2,(H2,19,24);1H. The number of hydrogen-bond donors (Lipinski definition) is 2. The number of rotatable bonds is 2. The van der Waals surface area contributed by atoms with E-state index < -0.39 is 6.03 Å². The minimum atomic E-state index is -0.477. The first-order chi connectivity index (χ1) is 11.6. The largest absolute Gasteiger partial charge is 0.351 e. The molecular formula is C17H24ClFN4O2. The third-order valence-corrected chi connectivity index (χ3v) is 4.84. The molecule has 0 aliphatic carbocycles. The Morgan fingerprint density at radius 2 is 2.08 bits per heavy atom. The summed E-state index contributed by atoms with van der Waals surface area (Å²) in [6.45, 7) is 2.86. The predicted molar refractivity (Wildman–Crippen MR) is 94.9 cm³/mol. The van der Waals surface area contributed by atoms with Gasteiger partial charge in [0.05, 0.1) is 12.0 Å². The molecule has 3 rings (SSSR count). The highest BCUT2D eigenvalue weighted by molar-refractivity contribution is 5.85. The summed E-state index contributed by atoms with van der Waals surface area (Å²) in [5.41, 5.74) is 6.14. The van der Waals surface area contributed by atoms with Gasteiger partial charge in [-0.2, -0.15) is 0 Å². The first-order valence-corrected chi connectivity index (χ1v) is 8.37. The van der Waals surface area contributed by atoms with E-state index in [-0.39, 0.29) is 36.1 Å². The van der Waals surface area contributed by atoms with Crippen molar-refractivity contribution in [3.8, 4) is 0 Å². The lowest BCUT2D eigenvalue weighted by atomic mass is 9.94. The van der Waals surface area contributed by atoms with Crippen molar-refractivity contribution in [2.45, 2.75) is 18.9 Å². The number of urea groups is 1. The van der Waals surface area contributed by atoms with E-state index in [9.17, 15) is 14.0 Å². The number of amides is 3. The van der Waals surface area contributed by atoms with Crippen LogP contribution in [0.15, 0.2) is 24.3 Å². The average Bonchev–Trinajstić information content (AvgIpc) is 2.61. The van der Waals surface area contributed by atoms with Crippen LogP contribution in [0.5, 0.6) is 0 Å². The minimum absolute atomic E-state index is 0. The molecule has 6 nitrogen and oxygen atoms in total. The summed E-state index contributed by atoms with van der Waals surface area (Å²) < 4.78 is 13.6. The molecule has 2 atom stereocenters. The zero-order chi connectivity index (χ0) is 17.1. The topological polar surface area (TPSA) is 78.7 Å². The van der Waals surface area contributed by atoms with Gasteiger partial charge in [-0.3, -0.25) is 4.79 Å². The van der Waals surface area contributed by atoms with Crippen molar-refractivity contribution in [1.29, 1.82) is 0 Å². The lowest BCUT2D eigenvalue weighted by Crippen LogP contribution is -2.53. The Bertz CT molecular complexity index is 630. The van der Waals surface area contributed by atoms with E-state index in [4.69, 9.17) is 5.73 Å². The number of halogens is 2. The maximum atomic E-state index is 13.6. The molecule has 0 saturated carbocycles. The fraction of sp³-hybridized carbons (Fsp3) is 0.529. The van der Waals surface area contributed by atoms with Crippen LogP contribution in [0, 0.1) is 11.7 Å². The van der Waals surface area contributed by atoms with E-state index in [1.807, 2.05) is 11.0 Å². The molecular weight excluding hydrogens is 347 g/mol. The highest BCUT2D eigenvalue weighted by Crippen LogP contribution is 2.27. The molecule has 0 bridgehead atoms. The van der Waals surface area contributed by atoms with Gasteiger partial charge in [0, 0.05) is 32.7 Å². The van der Waals surface area contributed by atoms with Gasteiger partial charge in [-0.15, -0.1) is 12.4 Å². The molecule has 1 aromatic rings. The Balaban J connectivity index is 0.00000225. The van der Waals surface area contributed by atoms with Crippen molar-refractivity contribution in [2.75, 3.05) is 32.7 Å². The molecule has 2 fully saturated rings. The first-order valence-electron chi connectivity index (χ1n) is 8.37. The number of piperidine rings is 1. The van der Waals surface area contributed by atoms with Crippen molar-refractivity contribution in [1.82, 2.24) is 15.1 Å². The molecule has 0 spiro atoms. The Morgan fingerprint density at radius 1 is 1.28 bits per heavy atom. The van der Waals surface area contributed by atoms with Gasteiger partial charge in [-0.1, -0.05) is 12.1 Å². The molecule has 2 unspecified atom stereocenters. The second-order valence-corrected chi connectivity index (χ2v) is 6.43. The maximum Gasteiger partial charge on any atom is 0.314 e. The Labute approximate surface area is 152 Å². The summed E-state index contributed by atoms with van der Waals surface area (Å²) in [5.74, 6) is -0.514. The zero-order valence-corrected chi connectivity index (χ0v) is 14.8. The monoisotopic (exact) mass is 370 g/mol. The highest BCUT2D eigenvalue weighted by Gasteiger charge is 2.35. The molecule has 2 heterocycles. The second kappa shape index (κ2) is 8.49. The van der Waals surface area contributed by atoms with Crippen LogP contribution in [-0.2, 0) is 4.79 Å². The van der Waals surface area contributed by atoms with Crippen LogP contribution in [0.1, 0.15) is 24.4 Å². The number of carbonyl (C=O) groups excluding carboxylic acids is 2. The highest BCUT2D eigenvalue weighted by atomic mass is 35.5. The van der Waals surface area contributed by atoms with Crippen molar-refractivity contribution in [3.05, 3.63) is 35.6 Å². The van der Waals surface area contributed by atoms with Gasteiger partial charge in [0.15, 0.2) is 0 Å². The van der Waals surface area contributed by atoms with Crippen LogP contribution in [0.25, 0.3) is 0 Å². The molecule has 138 valence electrons. The SMILES string of the molecule is Cl.NC(=O)N1CCCC(C(=O)N2CCNCC2c2cccc(F)c2)C1. The van der Waals surface area contributed by atoms with Crippen molar-refractivity contribution < 1.29 is 14.0 Å². The normalized spacial score (nSPS) is 23.7. The summed E-state index contributed by atoms with van der Waals surface area (Å²) in [5, 5.41) is 3.27. The molecule has 2 saturated heterocycles. The molecule has 0 radical (unpaired) electrons. The Morgan fingerprint density at radius 3 is 2.80 bits per heavy atom. The van der Waals surface area contributed by atoms with Gasteiger partial charge in [-0.25, -0.2) is 9.18 Å². The van der Waals surface area contributed by atoms with Crippen LogP contribution >= 0.6 is 12.4 Å². The van der Waals surface area contributed by atoms with E-state index in [1.54, 1.807) is 6.07 Å². The second-order valence-electron chi connectivity index (χ2n) is 6.43. The van der Waals surface area contributed by atoms with E-state index in [1.165, 1.54) is 17.0 Å². The third kappa shape index (κ3) is 4.41. The number of nitrogens with one attached hydrogen (secondary N) is 1. The van der Waals surface area contributed by atoms with E-state index in [0.717, 1.165) is 18.4 Å². The molecule has 1 aromatic carbocycles. The molecule has 25 heavy (non-hydrogen) atoms. The Kier molecular flexibility index (Phi) is 6.61. The van der Waals surface area contributed by atoms with Crippen LogP contribution in [0.2, 0.25) is 0 Å². The predicted octanol–water partition coefficient (Wildman–Crippen LogP) is 1.51. The number of likely N-dealkylation sites (tertiary alicyclic amines) is 1. The van der Waals surface area contributed by atoms with Gasteiger partial charge in [0.2, 0.25) is 5.91 Å². The van der Waals surface area contributed by atoms with E-state index in [0.29, 0.717) is 32.7 Å². The van der Waals surface area contributed by atoms with Crippen molar-refractivity contribution in [3.63, 3.8) is 0 Å². The number of nitrogens with zero attached hydrogens (tertiary/aromatic N) is 2. The lowest BCUT2D eigenvalue weighted by Gasteiger charge is -2.40. The summed E-state index contributed by atoms with van der Waals surface area (Å²) in [7, 11) is 0. The molecule has 3 N–H and O–H groups in total. The van der Waals surface area contributed by atoms with Crippen molar-refractivity contribution >= 4 is 24.3 Å². The van der Waals surface area contributed by atoms with Gasteiger partial charge < -0.3 is 20.9 Å². The van der Waals surface area contributed by atoms with Crippen LogP contribution in [0.4, 0.5) is 9.18 Å². The summed E-state index contributed by atoms with van der Waals surface area (Å²) in [6.07, 6.45) is 1.53. The smallest absolute Gasteiger partial charge is 0.314 e. The summed E-state index contributed by atoms with van der Waals surface area (Å²) in [6, 6.07) is 5.72. The number of primary amides is 1. The van der Waals surface area contributed by atoms with E-state index >= 15 is 0 Å². The molecule has 8 heteroatoms. The molecule has 3 amide bonds. The fourth-order valence-electron chi connectivity index (χ4n) is 3.59.